The van der Waals surface area contributed by atoms with Gasteiger partial charge >= 0.3 is 12.1 Å². The summed E-state index contributed by atoms with van der Waals surface area (Å²) in [5.41, 5.74) is -0.805. The molecule has 0 spiro atoms. The molecule has 13 heteroatoms. The van der Waals surface area contributed by atoms with E-state index in [1.807, 2.05) is 0 Å². The predicted octanol–water partition coefficient (Wildman–Crippen LogP) is 4.05. The van der Waals surface area contributed by atoms with Crippen molar-refractivity contribution >= 4 is 5.97 Å². The highest BCUT2D eigenvalue weighted by Crippen LogP contribution is 2.42. The van der Waals surface area contributed by atoms with E-state index in [9.17, 15) is 23.1 Å². The summed E-state index contributed by atoms with van der Waals surface area (Å²) >= 11 is 0. The number of nitrogens with one attached hydrogen (secondary N) is 1. The standard InChI is InChI=1S/C25H22F3N5O5/c26-25(27,28)19-20(17-5-1-2-11-30-17)32-37-21(19)23-31-22(33-38-23)15-8-6-14(7-9-15)18(34)13-36-24(35)16-4-3-10-29-12-16/h1-2,5-9,11,16,18,29,34H,3-4,10,12-13H2. The lowest BCUT2D eigenvalue weighted by Gasteiger charge is -2.22. The first-order valence-corrected chi connectivity index (χ1v) is 11.8. The van der Waals surface area contributed by atoms with Gasteiger partial charge in [0.1, 0.15) is 24.0 Å². The highest BCUT2D eigenvalue weighted by molar-refractivity contribution is 5.73. The number of nitrogens with zero attached hydrogens (tertiary/aromatic N) is 4. The second-order valence-corrected chi connectivity index (χ2v) is 8.68. The maximum Gasteiger partial charge on any atom is 0.422 e. The molecule has 0 aliphatic carbocycles. The summed E-state index contributed by atoms with van der Waals surface area (Å²) in [4.78, 5) is 20.1. The van der Waals surface area contributed by atoms with Crippen molar-refractivity contribution in [3.63, 3.8) is 0 Å². The van der Waals surface area contributed by atoms with Crippen LogP contribution in [0.15, 0.2) is 57.7 Å². The van der Waals surface area contributed by atoms with E-state index < -0.39 is 35.2 Å². The van der Waals surface area contributed by atoms with Crippen molar-refractivity contribution in [3.05, 3.63) is 59.8 Å². The molecule has 0 radical (unpaired) electrons. The third kappa shape index (κ3) is 5.43. The summed E-state index contributed by atoms with van der Waals surface area (Å²) in [7, 11) is 0. The van der Waals surface area contributed by atoms with Gasteiger partial charge in [0.25, 0.3) is 5.89 Å². The molecule has 4 aromatic rings. The van der Waals surface area contributed by atoms with Crippen molar-refractivity contribution in [1.29, 1.82) is 0 Å². The van der Waals surface area contributed by atoms with Gasteiger partial charge in [-0.05, 0) is 37.1 Å². The van der Waals surface area contributed by atoms with Gasteiger partial charge < -0.3 is 24.2 Å². The van der Waals surface area contributed by atoms with Gasteiger partial charge in [-0.1, -0.05) is 40.6 Å². The Morgan fingerprint density at radius 1 is 1.16 bits per heavy atom. The molecule has 1 aliphatic rings. The van der Waals surface area contributed by atoms with Gasteiger partial charge in [0, 0.05) is 18.3 Å². The molecule has 0 amide bonds. The van der Waals surface area contributed by atoms with Gasteiger partial charge in [0.15, 0.2) is 0 Å². The number of alkyl halides is 3. The van der Waals surface area contributed by atoms with Crippen LogP contribution in [-0.2, 0) is 15.7 Å². The van der Waals surface area contributed by atoms with Gasteiger partial charge in [-0.3, -0.25) is 9.78 Å². The molecule has 38 heavy (non-hydrogen) atoms. The largest absolute Gasteiger partial charge is 0.462 e. The Morgan fingerprint density at radius 2 is 1.97 bits per heavy atom. The molecule has 1 aromatic carbocycles. The van der Waals surface area contributed by atoms with Crippen LogP contribution in [0.2, 0.25) is 0 Å². The maximum absolute atomic E-state index is 13.9. The fraction of sp³-hybridized carbons (Fsp3) is 0.320. The molecule has 2 atom stereocenters. The highest BCUT2D eigenvalue weighted by Gasteiger charge is 2.43. The number of benzene rings is 1. The Bertz CT molecular complexity index is 1380. The fourth-order valence-corrected chi connectivity index (χ4v) is 4.09. The van der Waals surface area contributed by atoms with Crippen molar-refractivity contribution in [2.45, 2.75) is 25.1 Å². The Balaban J connectivity index is 1.30. The Hall–Kier alpha value is -4.10. The second-order valence-electron chi connectivity index (χ2n) is 8.68. The van der Waals surface area contributed by atoms with Crippen LogP contribution in [0.4, 0.5) is 13.2 Å². The molecule has 2 unspecified atom stereocenters. The first kappa shape index (κ1) is 25.5. The molecule has 10 nitrogen and oxygen atoms in total. The quantitative estimate of drug-likeness (QED) is 0.338. The molecule has 198 valence electrons. The number of carbonyl (C=O) groups is 1. The van der Waals surface area contributed by atoms with Crippen LogP contribution in [0.3, 0.4) is 0 Å². The molecule has 1 aliphatic heterocycles. The molecule has 2 N–H and O–H groups in total. The molecule has 1 saturated heterocycles. The summed E-state index contributed by atoms with van der Waals surface area (Å²) < 4.78 is 57.0. The average Bonchev–Trinajstić information content (AvgIpc) is 3.60. The van der Waals surface area contributed by atoms with E-state index in [0.717, 1.165) is 19.4 Å². The van der Waals surface area contributed by atoms with E-state index in [2.05, 4.69) is 25.6 Å². The number of rotatable bonds is 7. The predicted molar refractivity (Wildman–Crippen MR) is 125 cm³/mol. The number of pyridine rings is 1. The van der Waals surface area contributed by atoms with Crippen LogP contribution in [0.1, 0.15) is 30.1 Å². The molecule has 5 rings (SSSR count). The number of piperidine rings is 1. The van der Waals surface area contributed by atoms with Crippen molar-refractivity contribution in [3.8, 4) is 34.4 Å². The normalized spacial score (nSPS) is 16.8. The van der Waals surface area contributed by atoms with Crippen LogP contribution in [0, 0.1) is 5.92 Å². The zero-order valence-corrected chi connectivity index (χ0v) is 19.8. The third-order valence-electron chi connectivity index (χ3n) is 6.07. The topological polar surface area (TPSA) is 136 Å². The number of aromatic nitrogens is 4. The first-order valence-electron chi connectivity index (χ1n) is 11.8. The number of halogens is 3. The number of hydrogen-bond donors (Lipinski definition) is 2. The minimum Gasteiger partial charge on any atom is -0.462 e. The number of esters is 1. The Labute approximate surface area is 213 Å². The fourth-order valence-electron chi connectivity index (χ4n) is 4.09. The lowest BCUT2D eigenvalue weighted by Crippen LogP contribution is -2.35. The molecule has 0 saturated carbocycles. The van der Waals surface area contributed by atoms with Crippen molar-refractivity contribution in [1.82, 2.24) is 25.6 Å². The zero-order chi connectivity index (χ0) is 26.7. The van der Waals surface area contributed by atoms with Crippen molar-refractivity contribution in [2.24, 2.45) is 5.92 Å². The van der Waals surface area contributed by atoms with Crippen LogP contribution in [-0.4, -0.2) is 51.1 Å². The van der Waals surface area contributed by atoms with E-state index in [0.29, 0.717) is 17.7 Å². The zero-order valence-electron chi connectivity index (χ0n) is 19.8. The SMILES string of the molecule is O=C(OCC(O)c1ccc(-c2noc(-c3onc(-c4ccccn4)c3C(F)(F)F)n2)cc1)C1CCCNC1. The highest BCUT2D eigenvalue weighted by atomic mass is 19.4. The van der Waals surface area contributed by atoms with Gasteiger partial charge in [-0.15, -0.1) is 0 Å². The van der Waals surface area contributed by atoms with Crippen LogP contribution in [0.25, 0.3) is 34.4 Å². The third-order valence-corrected chi connectivity index (χ3v) is 6.07. The van der Waals surface area contributed by atoms with Crippen molar-refractivity contribution < 1.29 is 36.9 Å². The number of aliphatic hydroxyl groups excluding tert-OH is 1. The van der Waals surface area contributed by atoms with Gasteiger partial charge in [-0.2, -0.15) is 18.2 Å². The van der Waals surface area contributed by atoms with Gasteiger partial charge in [0.05, 0.1) is 11.6 Å². The first-order chi connectivity index (χ1) is 18.3. The van der Waals surface area contributed by atoms with E-state index in [1.54, 1.807) is 30.3 Å². The minimum atomic E-state index is -4.83. The Morgan fingerprint density at radius 3 is 2.66 bits per heavy atom. The molecular formula is C25H22F3N5O5. The smallest absolute Gasteiger partial charge is 0.422 e. The number of carbonyl (C=O) groups excluding carboxylic acids is 1. The van der Waals surface area contributed by atoms with E-state index in [-0.39, 0.29) is 30.0 Å². The summed E-state index contributed by atoms with van der Waals surface area (Å²) in [6, 6.07) is 10.7. The summed E-state index contributed by atoms with van der Waals surface area (Å²) in [5.74, 6) is -1.81. The van der Waals surface area contributed by atoms with E-state index in [1.165, 1.54) is 18.3 Å². The second kappa shape index (κ2) is 10.7. The lowest BCUT2D eigenvalue weighted by atomic mass is 10.00. The number of ether oxygens (including phenoxy) is 1. The Kier molecular flexibility index (Phi) is 7.20. The number of aliphatic hydroxyl groups is 1. The summed E-state index contributed by atoms with van der Waals surface area (Å²) in [5, 5.41) is 20.9. The van der Waals surface area contributed by atoms with Gasteiger partial charge in [-0.25, -0.2) is 0 Å². The van der Waals surface area contributed by atoms with Crippen LogP contribution in [0.5, 0.6) is 0 Å². The summed E-state index contributed by atoms with van der Waals surface area (Å²) in [6.07, 6.45) is -2.91. The molecule has 3 aromatic heterocycles. The number of hydrogen-bond acceptors (Lipinski definition) is 10. The molecule has 1 fully saturated rings. The van der Waals surface area contributed by atoms with Crippen LogP contribution >= 0.6 is 0 Å². The van der Waals surface area contributed by atoms with E-state index in [4.69, 9.17) is 13.8 Å². The maximum atomic E-state index is 13.9. The molecular weight excluding hydrogens is 507 g/mol. The van der Waals surface area contributed by atoms with Crippen LogP contribution < -0.4 is 5.32 Å². The molecule has 0 bridgehead atoms. The monoisotopic (exact) mass is 529 g/mol. The molecule has 4 heterocycles. The average molecular weight is 529 g/mol. The summed E-state index contributed by atoms with van der Waals surface area (Å²) in [6.45, 7) is 1.22. The van der Waals surface area contributed by atoms with E-state index >= 15 is 0 Å². The minimum absolute atomic E-state index is 0.00109. The van der Waals surface area contributed by atoms with Gasteiger partial charge in [0.2, 0.25) is 11.6 Å². The lowest BCUT2D eigenvalue weighted by molar-refractivity contribution is -0.152. The van der Waals surface area contributed by atoms with Crippen molar-refractivity contribution in [2.75, 3.05) is 19.7 Å².